The summed E-state index contributed by atoms with van der Waals surface area (Å²) in [4.78, 5) is 0. The number of hydrogen-bond acceptors (Lipinski definition) is 3. The fourth-order valence-electron chi connectivity index (χ4n) is 1.98. The van der Waals surface area contributed by atoms with E-state index in [2.05, 4.69) is 4.36 Å². The molecule has 0 bridgehead atoms. The van der Waals surface area contributed by atoms with Crippen LogP contribution in [0.1, 0.15) is 25.7 Å². The number of ether oxygens (including phenoxy) is 1. The van der Waals surface area contributed by atoms with Crippen LogP contribution in [0.5, 0.6) is 0 Å². The predicted octanol–water partition coefficient (Wildman–Crippen LogP) is 1.77. The van der Waals surface area contributed by atoms with Crippen molar-refractivity contribution >= 4 is 9.92 Å². The van der Waals surface area contributed by atoms with E-state index in [1.807, 2.05) is 14.1 Å². The van der Waals surface area contributed by atoms with Crippen LogP contribution in [-0.4, -0.2) is 48.6 Å². The van der Waals surface area contributed by atoms with E-state index in [9.17, 15) is 4.21 Å². The predicted molar refractivity (Wildman–Crippen MR) is 67.8 cm³/mol. The van der Waals surface area contributed by atoms with Gasteiger partial charge in [-0.25, -0.2) is 12.9 Å². The molecule has 0 aromatic carbocycles. The number of rotatable bonds is 4. The van der Waals surface area contributed by atoms with Gasteiger partial charge in [0, 0.05) is 27.5 Å². The van der Waals surface area contributed by atoms with Gasteiger partial charge in [0.05, 0.1) is 12.6 Å². The minimum atomic E-state index is -2.15. The van der Waals surface area contributed by atoms with Crippen molar-refractivity contribution in [3.8, 4) is 0 Å². The van der Waals surface area contributed by atoms with Gasteiger partial charge in [0.2, 0.25) is 0 Å². The topological polar surface area (TPSA) is 41.9 Å². The molecule has 1 aliphatic carbocycles. The molecule has 0 aromatic heterocycles. The fraction of sp³-hybridized carbons (Fsp3) is 1.00. The molecule has 3 unspecified atom stereocenters. The van der Waals surface area contributed by atoms with Gasteiger partial charge in [-0.15, -0.1) is 0 Å². The Balaban J connectivity index is 2.52. The van der Waals surface area contributed by atoms with Crippen LogP contribution in [0, 0.1) is 5.92 Å². The lowest BCUT2D eigenvalue weighted by Gasteiger charge is -2.27. The SMILES string of the molecule is COC1CCCC(CN=S(C)(=O)N(C)C)C1. The first-order valence-electron chi connectivity index (χ1n) is 5.84. The highest BCUT2D eigenvalue weighted by atomic mass is 32.2. The van der Waals surface area contributed by atoms with Crippen LogP contribution in [-0.2, 0) is 14.7 Å². The second-order valence-corrected chi connectivity index (χ2v) is 7.29. The molecule has 3 atom stereocenters. The van der Waals surface area contributed by atoms with Gasteiger partial charge in [-0.3, -0.25) is 0 Å². The average Bonchev–Trinajstić information content (AvgIpc) is 2.26. The Hall–Kier alpha value is -0.130. The summed E-state index contributed by atoms with van der Waals surface area (Å²) in [5.74, 6) is 0.541. The van der Waals surface area contributed by atoms with Crippen molar-refractivity contribution in [1.82, 2.24) is 4.31 Å². The molecule has 1 rings (SSSR count). The van der Waals surface area contributed by atoms with E-state index in [1.54, 1.807) is 17.7 Å². The van der Waals surface area contributed by atoms with E-state index < -0.39 is 9.92 Å². The molecular formula is C11H24N2O2S. The smallest absolute Gasteiger partial charge is 0.106 e. The molecule has 96 valence electrons. The van der Waals surface area contributed by atoms with Crippen molar-refractivity contribution < 1.29 is 8.95 Å². The van der Waals surface area contributed by atoms with Crippen LogP contribution in [0.25, 0.3) is 0 Å². The standard InChI is InChI=1S/C11H24N2O2S/c1-13(2)16(4,14)12-9-10-6-5-7-11(8-10)15-3/h10-11H,5-9H2,1-4H3. The highest BCUT2D eigenvalue weighted by molar-refractivity contribution is 7.90. The summed E-state index contributed by atoms with van der Waals surface area (Å²) in [6, 6.07) is 0. The van der Waals surface area contributed by atoms with Crippen molar-refractivity contribution in [2.75, 3.05) is 34.0 Å². The highest BCUT2D eigenvalue weighted by Crippen LogP contribution is 2.26. The van der Waals surface area contributed by atoms with Crippen molar-refractivity contribution in [3.05, 3.63) is 0 Å². The van der Waals surface area contributed by atoms with Gasteiger partial charge >= 0.3 is 0 Å². The van der Waals surface area contributed by atoms with Crippen molar-refractivity contribution in [3.63, 3.8) is 0 Å². The Morgan fingerprint density at radius 3 is 2.69 bits per heavy atom. The van der Waals surface area contributed by atoms with Gasteiger partial charge in [0.1, 0.15) is 9.92 Å². The van der Waals surface area contributed by atoms with Gasteiger partial charge in [-0.05, 0) is 25.2 Å². The van der Waals surface area contributed by atoms with Gasteiger partial charge in [0.15, 0.2) is 0 Å². The summed E-state index contributed by atoms with van der Waals surface area (Å²) >= 11 is 0. The van der Waals surface area contributed by atoms with E-state index in [-0.39, 0.29) is 0 Å². The Labute approximate surface area is 99.7 Å². The third kappa shape index (κ3) is 4.03. The first-order chi connectivity index (χ1) is 7.45. The molecule has 0 spiro atoms. The molecule has 0 N–H and O–H groups in total. The summed E-state index contributed by atoms with van der Waals surface area (Å²) in [7, 11) is 3.24. The number of hydrogen-bond donors (Lipinski definition) is 0. The molecule has 16 heavy (non-hydrogen) atoms. The van der Waals surface area contributed by atoms with E-state index in [1.165, 1.54) is 12.8 Å². The zero-order valence-corrected chi connectivity index (χ0v) is 11.6. The largest absolute Gasteiger partial charge is 0.381 e. The van der Waals surface area contributed by atoms with Crippen LogP contribution in [0.4, 0.5) is 0 Å². The zero-order chi connectivity index (χ0) is 12.2. The van der Waals surface area contributed by atoms with E-state index in [0.717, 1.165) is 12.8 Å². The second kappa shape index (κ2) is 5.98. The third-order valence-corrected chi connectivity index (χ3v) is 5.30. The van der Waals surface area contributed by atoms with E-state index in [4.69, 9.17) is 4.74 Å². The van der Waals surface area contributed by atoms with Crippen LogP contribution in [0.15, 0.2) is 4.36 Å². The lowest BCUT2D eigenvalue weighted by Crippen LogP contribution is -2.25. The molecule has 1 saturated carbocycles. The Kier molecular flexibility index (Phi) is 5.21. The maximum Gasteiger partial charge on any atom is 0.106 e. The minimum Gasteiger partial charge on any atom is -0.381 e. The summed E-state index contributed by atoms with van der Waals surface area (Å²) < 4.78 is 23.4. The van der Waals surface area contributed by atoms with Crippen LogP contribution >= 0.6 is 0 Å². The zero-order valence-electron chi connectivity index (χ0n) is 10.8. The monoisotopic (exact) mass is 248 g/mol. The van der Waals surface area contributed by atoms with Crippen LogP contribution in [0.2, 0.25) is 0 Å². The summed E-state index contributed by atoms with van der Waals surface area (Å²) in [5, 5.41) is 0. The first kappa shape index (κ1) is 13.9. The Morgan fingerprint density at radius 2 is 2.12 bits per heavy atom. The summed E-state index contributed by atoms with van der Waals surface area (Å²) in [6.45, 7) is 0.702. The van der Waals surface area contributed by atoms with Gasteiger partial charge in [-0.2, -0.15) is 0 Å². The minimum absolute atomic E-state index is 0.376. The Morgan fingerprint density at radius 1 is 1.44 bits per heavy atom. The highest BCUT2D eigenvalue weighted by Gasteiger charge is 2.21. The first-order valence-corrected chi connectivity index (χ1v) is 7.72. The van der Waals surface area contributed by atoms with Crippen molar-refractivity contribution in [1.29, 1.82) is 0 Å². The molecule has 1 fully saturated rings. The second-order valence-electron chi connectivity index (χ2n) is 4.78. The quantitative estimate of drug-likeness (QED) is 0.761. The Bertz CT molecular complexity index is 322. The maximum atomic E-state index is 12.0. The number of methoxy groups -OCH3 is 1. The van der Waals surface area contributed by atoms with E-state index >= 15 is 0 Å². The molecule has 1 aliphatic rings. The number of nitrogens with zero attached hydrogens (tertiary/aromatic N) is 2. The van der Waals surface area contributed by atoms with Crippen molar-refractivity contribution in [2.45, 2.75) is 31.8 Å². The lowest BCUT2D eigenvalue weighted by molar-refractivity contribution is 0.0525. The molecule has 0 amide bonds. The van der Waals surface area contributed by atoms with Gasteiger partial charge in [-0.1, -0.05) is 6.42 Å². The molecule has 0 heterocycles. The molecule has 0 radical (unpaired) electrons. The summed E-state index contributed by atoms with van der Waals surface area (Å²) in [5.41, 5.74) is 0. The average molecular weight is 248 g/mol. The van der Waals surface area contributed by atoms with Gasteiger partial charge < -0.3 is 4.74 Å². The molecule has 5 heteroatoms. The molecule has 4 nitrogen and oxygen atoms in total. The van der Waals surface area contributed by atoms with Crippen LogP contribution in [0.3, 0.4) is 0 Å². The maximum absolute atomic E-state index is 12.0. The van der Waals surface area contributed by atoms with Crippen LogP contribution < -0.4 is 0 Å². The molecular weight excluding hydrogens is 224 g/mol. The molecule has 0 aromatic rings. The normalized spacial score (nSPS) is 30.1. The lowest BCUT2D eigenvalue weighted by atomic mass is 9.87. The van der Waals surface area contributed by atoms with Crippen molar-refractivity contribution in [2.24, 2.45) is 10.3 Å². The molecule has 0 saturated heterocycles. The summed E-state index contributed by atoms with van der Waals surface area (Å²) in [6.07, 6.45) is 6.67. The molecule has 0 aliphatic heterocycles. The van der Waals surface area contributed by atoms with E-state index in [0.29, 0.717) is 18.6 Å². The third-order valence-electron chi connectivity index (χ3n) is 3.32. The fourth-order valence-corrected chi connectivity index (χ4v) is 2.70. The van der Waals surface area contributed by atoms with Gasteiger partial charge in [0.25, 0.3) is 0 Å².